The number of hydrogen-bond donors (Lipinski definition) is 0. The number of sulfonamides is 1. The number of nitrogens with zero attached hydrogens (tertiary/aromatic N) is 4. The highest BCUT2D eigenvalue weighted by atomic mass is 32.2. The molecule has 0 spiro atoms. The number of fused-ring (bicyclic) bond motifs is 1. The summed E-state index contributed by atoms with van der Waals surface area (Å²) in [7, 11) is -2.04. The van der Waals surface area contributed by atoms with E-state index in [0.717, 1.165) is 61.4 Å². The van der Waals surface area contributed by atoms with Crippen molar-refractivity contribution in [1.29, 1.82) is 0 Å². The summed E-state index contributed by atoms with van der Waals surface area (Å²) in [5, 5.41) is 4.52. The van der Waals surface area contributed by atoms with Crippen LogP contribution < -0.4 is 4.90 Å². The Labute approximate surface area is 224 Å². The van der Waals surface area contributed by atoms with E-state index in [1.807, 2.05) is 29.1 Å². The standard InChI is InChI=1S/C29H35FN4O3S/c1-37-19-5-17-33(38(35,36)28-7-4-6-27(21-28)32-15-2-3-16-32)18-14-23-8-9-24-22-31-34(29(24)20-23)26-12-10-25(30)11-13-26/h4,6-7,10-13,20-22H,2-3,5,8-9,14-19H2,1H3. The Balaban J connectivity index is 1.35. The number of aromatic nitrogens is 2. The van der Waals surface area contributed by atoms with Crippen molar-refractivity contribution in [3.8, 4) is 5.69 Å². The number of halogens is 1. The summed E-state index contributed by atoms with van der Waals surface area (Å²) in [4.78, 5) is 2.59. The predicted molar refractivity (Wildman–Crippen MR) is 148 cm³/mol. The average molecular weight is 539 g/mol. The van der Waals surface area contributed by atoms with Crippen LogP contribution in [-0.2, 0) is 21.2 Å². The zero-order valence-corrected chi connectivity index (χ0v) is 22.7. The molecule has 1 aromatic heterocycles. The van der Waals surface area contributed by atoms with Crippen molar-refractivity contribution in [2.24, 2.45) is 0 Å². The van der Waals surface area contributed by atoms with Gasteiger partial charge in [0, 0.05) is 45.6 Å². The van der Waals surface area contributed by atoms with E-state index >= 15 is 0 Å². The fraction of sp³-hybridized carbons (Fsp3) is 0.414. The van der Waals surface area contributed by atoms with E-state index in [0.29, 0.717) is 37.4 Å². The summed E-state index contributed by atoms with van der Waals surface area (Å²) in [6.07, 6.45) is 9.21. The minimum atomic E-state index is -3.67. The second-order valence-electron chi connectivity index (χ2n) is 9.94. The molecule has 7 nitrogen and oxygen atoms in total. The quantitative estimate of drug-likeness (QED) is 0.319. The first-order chi connectivity index (χ1) is 18.5. The smallest absolute Gasteiger partial charge is 0.243 e. The molecule has 0 bridgehead atoms. The Morgan fingerprint density at radius 3 is 2.58 bits per heavy atom. The fourth-order valence-corrected chi connectivity index (χ4v) is 6.77. The van der Waals surface area contributed by atoms with Crippen LogP contribution in [0.1, 0.15) is 43.4 Å². The van der Waals surface area contributed by atoms with Gasteiger partial charge >= 0.3 is 0 Å². The third-order valence-electron chi connectivity index (χ3n) is 7.38. The van der Waals surface area contributed by atoms with Gasteiger partial charge in [-0.1, -0.05) is 11.6 Å². The van der Waals surface area contributed by atoms with Crippen molar-refractivity contribution in [1.82, 2.24) is 14.1 Å². The van der Waals surface area contributed by atoms with E-state index < -0.39 is 10.0 Å². The van der Waals surface area contributed by atoms with Crippen molar-refractivity contribution in [3.63, 3.8) is 0 Å². The Morgan fingerprint density at radius 1 is 1.03 bits per heavy atom. The van der Waals surface area contributed by atoms with Gasteiger partial charge in [0.1, 0.15) is 5.82 Å². The molecule has 2 aromatic carbocycles. The maximum absolute atomic E-state index is 13.8. The van der Waals surface area contributed by atoms with Crippen LogP contribution in [0.5, 0.6) is 0 Å². The minimum absolute atomic E-state index is 0.285. The lowest BCUT2D eigenvalue weighted by Gasteiger charge is -2.25. The molecule has 1 aliphatic heterocycles. The Morgan fingerprint density at radius 2 is 1.82 bits per heavy atom. The van der Waals surface area contributed by atoms with Gasteiger partial charge in [-0.05, 0) is 92.6 Å². The lowest BCUT2D eigenvalue weighted by molar-refractivity contribution is 0.187. The fourth-order valence-electron chi connectivity index (χ4n) is 5.25. The number of hydrogen-bond acceptors (Lipinski definition) is 5. The van der Waals surface area contributed by atoms with Gasteiger partial charge in [0.05, 0.1) is 22.5 Å². The first-order valence-electron chi connectivity index (χ1n) is 13.3. The van der Waals surface area contributed by atoms with Crippen LogP contribution in [0, 0.1) is 5.82 Å². The third-order valence-corrected chi connectivity index (χ3v) is 9.27. The molecule has 0 N–H and O–H groups in total. The number of aryl methyl sites for hydroxylation is 1. The van der Waals surface area contributed by atoms with Crippen LogP contribution in [0.25, 0.3) is 11.8 Å². The van der Waals surface area contributed by atoms with E-state index in [1.165, 1.54) is 17.7 Å². The highest BCUT2D eigenvalue weighted by Gasteiger charge is 2.26. The zero-order valence-electron chi connectivity index (χ0n) is 21.9. The van der Waals surface area contributed by atoms with Crippen molar-refractivity contribution in [2.45, 2.75) is 43.4 Å². The molecule has 1 aliphatic carbocycles. The molecular weight excluding hydrogens is 503 g/mol. The molecule has 1 fully saturated rings. The first kappa shape index (κ1) is 26.6. The largest absolute Gasteiger partial charge is 0.385 e. The molecule has 3 aromatic rings. The van der Waals surface area contributed by atoms with E-state index in [1.54, 1.807) is 29.6 Å². The summed E-state index contributed by atoms with van der Waals surface area (Å²) < 4.78 is 49.7. The SMILES string of the molecule is COCCCN(CCC1=Cc2c(cnn2-c2ccc(F)cc2)CC1)S(=O)(=O)c1cccc(N2CCCC2)c1. The maximum Gasteiger partial charge on any atom is 0.243 e. The van der Waals surface area contributed by atoms with Crippen molar-refractivity contribution in [3.05, 3.63) is 77.4 Å². The van der Waals surface area contributed by atoms with Gasteiger partial charge in [-0.3, -0.25) is 0 Å². The molecule has 0 amide bonds. The van der Waals surface area contributed by atoms with Gasteiger partial charge < -0.3 is 9.64 Å². The monoisotopic (exact) mass is 538 g/mol. The molecule has 202 valence electrons. The topological polar surface area (TPSA) is 67.7 Å². The molecule has 0 saturated carbocycles. The second-order valence-corrected chi connectivity index (χ2v) is 11.9. The molecule has 0 radical (unpaired) electrons. The Bertz CT molecular complexity index is 1380. The molecule has 0 atom stereocenters. The van der Waals surface area contributed by atoms with Crippen LogP contribution >= 0.6 is 0 Å². The zero-order chi connectivity index (χ0) is 26.5. The van der Waals surface area contributed by atoms with Crippen LogP contribution in [0.2, 0.25) is 0 Å². The highest BCUT2D eigenvalue weighted by molar-refractivity contribution is 7.89. The molecule has 2 heterocycles. The number of rotatable bonds is 11. The van der Waals surface area contributed by atoms with Crippen molar-refractivity contribution in [2.75, 3.05) is 44.8 Å². The van der Waals surface area contributed by atoms with Gasteiger partial charge in [0.25, 0.3) is 0 Å². The van der Waals surface area contributed by atoms with Crippen LogP contribution in [0.15, 0.2) is 65.2 Å². The van der Waals surface area contributed by atoms with E-state index in [-0.39, 0.29) is 5.82 Å². The number of ether oxygens (including phenoxy) is 1. The molecule has 38 heavy (non-hydrogen) atoms. The molecule has 2 aliphatic rings. The van der Waals surface area contributed by atoms with E-state index in [2.05, 4.69) is 16.1 Å². The Kier molecular flexibility index (Phi) is 8.26. The first-order valence-corrected chi connectivity index (χ1v) is 14.8. The number of benzene rings is 2. The van der Waals surface area contributed by atoms with Crippen molar-refractivity contribution < 1.29 is 17.5 Å². The van der Waals surface area contributed by atoms with Gasteiger partial charge in [-0.25, -0.2) is 17.5 Å². The molecule has 9 heteroatoms. The maximum atomic E-state index is 13.8. The normalized spacial score (nSPS) is 15.7. The van der Waals surface area contributed by atoms with E-state index in [4.69, 9.17) is 4.74 Å². The highest BCUT2D eigenvalue weighted by Crippen LogP contribution is 2.29. The third kappa shape index (κ3) is 5.85. The van der Waals surface area contributed by atoms with Gasteiger partial charge in [-0.15, -0.1) is 0 Å². The second kappa shape index (κ2) is 11.8. The van der Waals surface area contributed by atoms with Crippen molar-refractivity contribution >= 4 is 21.8 Å². The summed E-state index contributed by atoms with van der Waals surface area (Å²) in [6, 6.07) is 13.6. The van der Waals surface area contributed by atoms with Gasteiger partial charge in [0.2, 0.25) is 10.0 Å². The van der Waals surface area contributed by atoms with Gasteiger partial charge in [-0.2, -0.15) is 9.40 Å². The summed E-state index contributed by atoms with van der Waals surface area (Å²) in [6.45, 7) is 3.22. The van der Waals surface area contributed by atoms with E-state index in [9.17, 15) is 12.8 Å². The molecule has 1 saturated heterocycles. The van der Waals surface area contributed by atoms with Crippen LogP contribution in [0.4, 0.5) is 10.1 Å². The van der Waals surface area contributed by atoms with Gasteiger partial charge in [0.15, 0.2) is 0 Å². The molecule has 0 unspecified atom stereocenters. The molecule has 5 rings (SSSR count). The number of methoxy groups -OCH3 is 1. The molecular formula is C29H35FN4O3S. The summed E-state index contributed by atoms with van der Waals surface area (Å²) in [5.41, 5.74) is 5.06. The average Bonchev–Trinajstić information content (AvgIpc) is 3.62. The Hall–Kier alpha value is -3.01. The number of anilines is 1. The lowest BCUT2D eigenvalue weighted by Crippen LogP contribution is -2.34. The minimum Gasteiger partial charge on any atom is -0.385 e. The summed E-state index contributed by atoms with van der Waals surface area (Å²) >= 11 is 0. The van der Waals surface area contributed by atoms with Crippen LogP contribution in [0.3, 0.4) is 0 Å². The lowest BCUT2D eigenvalue weighted by atomic mass is 9.95. The van der Waals surface area contributed by atoms with Crippen LogP contribution in [-0.4, -0.2) is 62.4 Å². The predicted octanol–water partition coefficient (Wildman–Crippen LogP) is 5.06. The summed E-state index contributed by atoms with van der Waals surface area (Å²) in [5.74, 6) is -0.285.